The van der Waals surface area contributed by atoms with Crippen molar-refractivity contribution in [2.24, 2.45) is 0 Å². The maximum Gasteiger partial charge on any atom is 0.336 e. The van der Waals surface area contributed by atoms with Gasteiger partial charge in [-0.2, -0.15) is 0 Å². The van der Waals surface area contributed by atoms with E-state index < -0.39 is 17.8 Å². The maximum absolute atomic E-state index is 14.0. The number of nitrogens with zero attached hydrogens (tertiary/aromatic N) is 2. The van der Waals surface area contributed by atoms with Crippen molar-refractivity contribution in [1.29, 1.82) is 0 Å². The van der Waals surface area contributed by atoms with Crippen LogP contribution >= 0.6 is 11.6 Å². The molecule has 0 aliphatic carbocycles. The summed E-state index contributed by atoms with van der Waals surface area (Å²) in [5.41, 5.74) is 2.92. The van der Waals surface area contributed by atoms with Crippen LogP contribution in [0.1, 0.15) is 37.5 Å². The fourth-order valence-electron chi connectivity index (χ4n) is 4.78. The van der Waals surface area contributed by atoms with E-state index in [2.05, 4.69) is 4.98 Å². The smallest absolute Gasteiger partial charge is 0.336 e. The molecular weight excluding hydrogens is 507 g/mol. The third-order valence-corrected chi connectivity index (χ3v) is 6.84. The van der Waals surface area contributed by atoms with Crippen molar-refractivity contribution in [1.82, 2.24) is 9.88 Å². The van der Waals surface area contributed by atoms with Crippen LogP contribution in [0.15, 0.2) is 85.1 Å². The SMILES string of the molecule is O=C(O)c1ccc(CN2C(=O)c3ccc(Cl)cc3CC(=O)[C@H]2Cc2ccccn2)cc1-c1cccc(F)c1. The zero-order chi connectivity index (χ0) is 26.8. The summed E-state index contributed by atoms with van der Waals surface area (Å²) in [5, 5.41) is 10.2. The summed E-state index contributed by atoms with van der Waals surface area (Å²) in [7, 11) is 0. The van der Waals surface area contributed by atoms with Gasteiger partial charge in [0.25, 0.3) is 5.91 Å². The van der Waals surface area contributed by atoms with Crippen LogP contribution in [0, 0.1) is 5.82 Å². The van der Waals surface area contributed by atoms with E-state index in [9.17, 15) is 23.9 Å². The zero-order valence-corrected chi connectivity index (χ0v) is 20.9. The van der Waals surface area contributed by atoms with E-state index in [1.807, 2.05) is 6.07 Å². The highest BCUT2D eigenvalue weighted by molar-refractivity contribution is 6.30. The number of carbonyl (C=O) groups excluding carboxylic acids is 2. The minimum absolute atomic E-state index is 0.00245. The molecule has 0 radical (unpaired) electrons. The molecule has 190 valence electrons. The van der Waals surface area contributed by atoms with Crippen molar-refractivity contribution in [3.63, 3.8) is 0 Å². The van der Waals surface area contributed by atoms with Crippen molar-refractivity contribution in [3.05, 3.63) is 124 Å². The fourth-order valence-corrected chi connectivity index (χ4v) is 4.98. The van der Waals surface area contributed by atoms with Gasteiger partial charge in [0.15, 0.2) is 5.78 Å². The molecular formula is C30H22ClFN2O4. The predicted octanol–water partition coefficient (Wildman–Crippen LogP) is 5.62. The highest BCUT2D eigenvalue weighted by Crippen LogP contribution is 2.30. The molecule has 0 saturated heterocycles. The Labute approximate surface area is 223 Å². The first-order valence-electron chi connectivity index (χ1n) is 11.9. The third kappa shape index (κ3) is 5.19. The number of carboxylic acids is 1. The number of amides is 1. The largest absolute Gasteiger partial charge is 0.478 e. The molecule has 0 bridgehead atoms. The van der Waals surface area contributed by atoms with Gasteiger partial charge in [0.1, 0.15) is 5.82 Å². The third-order valence-electron chi connectivity index (χ3n) is 6.60. The number of carboxylic acid groups (broad SMARTS) is 1. The monoisotopic (exact) mass is 528 g/mol. The molecule has 0 unspecified atom stereocenters. The lowest BCUT2D eigenvalue weighted by Gasteiger charge is -2.29. The van der Waals surface area contributed by atoms with Crippen LogP contribution in [0.4, 0.5) is 4.39 Å². The Morgan fingerprint density at radius 3 is 2.58 bits per heavy atom. The zero-order valence-electron chi connectivity index (χ0n) is 20.1. The maximum atomic E-state index is 14.0. The van der Waals surface area contributed by atoms with Gasteiger partial charge in [-0.3, -0.25) is 14.6 Å². The van der Waals surface area contributed by atoms with Crippen molar-refractivity contribution in [2.45, 2.75) is 25.4 Å². The summed E-state index contributed by atoms with van der Waals surface area (Å²) in [4.78, 5) is 45.1. The predicted molar refractivity (Wildman–Crippen MR) is 141 cm³/mol. The van der Waals surface area contributed by atoms with Crippen LogP contribution in [0.3, 0.4) is 0 Å². The van der Waals surface area contributed by atoms with Crippen LogP contribution in [-0.4, -0.2) is 38.7 Å². The molecule has 6 nitrogen and oxygen atoms in total. The van der Waals surface area contributed by atoms with Gasteiger partial charge < -0.3 is 10.0 Å². The van der Waals surface area contributed by atoms with Gasteiger partial charge in [-0.25, -0.2) is 9.18 Å². The number of aromatic nitrogens is 1. The number of Topliss-reactive ketones (excluding diaryl/α,β-unsaturated/α-hetero) is 1. The Balaban J connectivity index is 1.59. The molecule has 8 heteroatoms. The number of hydrogen-bond acceptors (Lipinski definition) is 4. The number of ketones is 1. The lowest BCUT2D eigenvalue weighted by Crippen LogP contribution is -2.45. The highest BCUT2D eigenvalue weighted by Gasteiger charge is 2.36. The van der Waals surface area contributed by atoms with Crippen molar-refractivity contribution in [3.8, 4) is 11.1 Å². The number of aromatic carboxylic acids is 1. The second kappa shape index (κ2) is 10.6. The molecule has 1 aliphatic rings. The summed E-state index contributed by atoms with van der Waals surface area (Å²) in [6.07, 6.45) is 1.90. The van der Waals surface area contributed by atoms with E-state index in [0.29, 0.717) is 38.5 Å². The van der Waals surface area contributed by atoms with Crippen LogP contribution < -0.4 is 0 Å². The second-order valence-corrected chi connectivity index (χ2v) is 9.55. The molecule has 0 fully saturated rings. The van der Waals surface area contributed by atoms with E-state index in [1.165, 1.54) is 29.2 Å². The topological polar surface area (TPSA) is 87.6 Å². The molecule has 1 atom stereocenters. The van der Waals surface area contributed by atoms with Crippen molar-refractivity contribution in [2.75, 3.05) is 0 Å². The number of rotatable bonds is 6. The normalized spacial score (nSPS) is 15.2. The molecule has 1 N–H and O–H groups in total. The van der Waals surface area contributed by atoms with E-state index in [1.54, 1.807) is 54.7 Å². The van der Waals surface area contributed by atoms with Gasteiger partial charge in [0, 0.05) is 41.9 Å². The van der Waals surface area contributed by atoms with Crippen LogP contribution in [-0.2, 0) is 24.2 Å². The van der Waals surface area contributed by atoms with Crippen LogP contribution in [0.25, 0.3) is 11.1 Å². The number of carbonyl (C=O) groups is 3. The first-order valence-corrected chi connectivity index (χ1v) is 12.3. The number of hydrogen-bond donors (Lipinski definition) is 1. The molecule has 1 amide bonds. The van der Waals surface area contributed by atoms with E-state index in [0.717, 1.165) is 0 Å². The van der Waals surface area contributed by atoms with Crippen molar-refractivity contribution >= 4 is 29.3 Å². The molecule has 1 aromatic heterocycles. The molecule has 4 aromatic rings. The van der Waals surface area contributed by atoms with Crippen LogP contribution in [0.2, 0.25) is 5.02 Å². The second-order valence-electron chi connectivity index (χ2n) is 9.11. The standard InChI is InChI=1S/C30H22ClFN2O4/c31-21-8-10-24-20(13-21)15-28(35)27(16-23-6-1-2-11-33-23)34(29(24)36)17-18-7-9-25(30(37)38)26(12-18)19-4-3-5-22(32)14-19/h1-14,27H,15-17H2,(H,37,38)/t27-/m1/s1. The summed E-state index contributed by atoms with van der Waals surface area (Å²) in [5.74, 6) is -2.14. The average molecular weight is 529 g/mol. The number of pyridine rings is 1. The summed E-state index contributed by atoms with van der Waals surface area (Å²) in [6.45, 7) is 0.0341. The molecule has 3 aromatic carbocycles. The Morgan fingerprint density at radius 1 is 1.00 bits per heavy atom. The number of fused-ring (bicyclic) bond motifs is 1. The fraction of sp³-hybridized carbons (Fsp3) is 0.133. The summed E-state index contributed by atoms with van der Waals surface area (Å²) < 4.78 is 14.0. The Bertz CT molecular complexity index is 1560. The van der Waals surface area contributed by atoms with Gasteiger partial charge in [0.2, 0.25) is 0 Å². The van der Waals surface area contributed by atoms with E-state index >= 15 is 0 Å². The van der Waals surface area contributed by atoms with E-state index in [4.69, 9.17) is 11.6 Å². The minimum Gasteiger partial charge on any atom is -0.478 e. The van der Waals surface area contributed by atoms with Gasteiger partial charge in [-0.05, 0) is 76.9 Å². The lowest BCUT2D eigenvalue weighted by atomic mass is 9.96. The average Bonchev–Trinajstić information content (AvgIpc) is 2.99. The summed E-state index contributed by atoms with van der Waals surface area (Å²) >= 11 is 6.16. The Kier molecular flexibility index (Phi) is 7.03. The van der Waals surface area contributed by atoms with Gasteiger partial charge in [-0.1, -0.05) is 35.9 Å². The molecule has 0 spiro atoms. The highest BCUT2D eigenvalue weighted by atomic mass is 35.5. The minimum atomic E-state index is -1.16. The molecule has 0 saturated carbocycles. The van der Waals surface area contributed by atoms with Gasteiger partial charge in [-0.15, -0.1) is 0 Å². The summed E-state index contributed by atoms with van der Waals surface area (Å²) in [6, 6.07) is 19.8. The first kappa shape index (κ1) is 25.3. The Morgan fingerprint density at radius 2 is 1.84 bits per heavy atom. The first-order chi connectivity index (χ1) is 18.3. The van der Waals surface area contributed by atoms with Gasteiger partial charge >= 0.3 is 5.97 Å². The molecule has 5 rings (SSSR count). The quantitative estimate of drug-likeness (QED) is 0.351. The lowest BCUT2D eigenvalue weighted by molar-refractivity contribution is -0.122. The molecule has 38 heavy (non-hydrogen) atoms. The van der Waals surface area contributed by atoms with Crippen LogP contribution in [0.5, 0.6) is 0 Å². The molecule has 1 aliphatic heterocycles. The van der Waals surface area contributed by atoms with Gasteiger partial charge in [0.05, 0.1) is 11.6 Å². The molecule has 2 heterocycles. The van der Waals surface area contributed by atoms with E-state index in [-0.39, 0.29) is 36.6 Å². The van der Waals surface area contributed by atoms with Crippen molar-refractivity contribution < 1.29 is 23.9 Å². The Hall–Kier alpha value is -4.36. The number of halogens is 2. The number of benzene rings is 3.